The van der Waals surface area contributed by atoms with Gasteiger partial charge in [0.1, 0.15) is 17.1 Å². The highest BCUT2D eigenvalue weighted by atomic mass is 32.1. The fourth-order valence-corrected chi connectivity index (χ4v) is 2.21. The second-order valence-corrected chi connectivity index (χ2v) is 5.22. The molecule has 0 N–H and O–H groups in total. The van der Waals surface area contributed by atoms with Gasteiger partial charge in [-0.3, -0.25) is 0 Å². The van der Waals surface area contributed by atoms with E-state index in [2.05, 4.69) is 26.5 Å². The minimum atomic E-state index is -0.422. The van der Waals surface area contributed by atoms with Crippen LogP contribution < -0.4 is 9.47 Å². The third-order valence-corrected chi connectivity index (χ3v) is 3.69. The zero-order valence-corrected chi connectivity index (χ0v) is 13.3. The van der Waals surface area contributed by atoms with Crippen LogP contribution in [0, 0.1) is 11.8 Å². The van der Waals surface area contributed by atoms with Crippen LogP contribution in [0.3, 0.4) is 0 Å². The molecule has 0 amide bonds. The highest BCUT2D eigenvalue weighted by molar-refractivity contribution is 7.80. The molecule has 0 aliphatic heterocycles. The van der Waals surface area contributed by atoms with Crippen molar-refractivity contribution in [2.24, 2.45) is 11.8 Å². The summed E-state index contributed by atoms with van der Waals surface area (Å²) in [6.07, 6.45) is 0. The Kier molecular flexibility index (Phi) is 6.71. The molecule has 0 fully saturated rings. The number of benzene rings is 1. The summed E-state index contributed by atoms with van der Waals surface area (Å²) in [5.41, 5.74) is 0.398. The zero-order chi connectivity index (χ0) is 15.1. The van der Waals surface area contributed by atoms with Gasteiger partial charge in [0.25, 0.3) is 0 Å². The molecule has 1 atom stereocenters. The Hall–Kier alpha value is -1.36. The van der Waals surface area contributed by atoms with Crippen LogP contribution in [0.1, 0.15) is 24.2 Å². The normalized spacial score (nSPS) is 12.1. The van der Waals surface area contributed by atoms with E-state index < -0.39 is 5.97 Å². The first-order chi connectivity index (χ1) is 9.53. The number of thiol groups is 1. The first-order valence-corrected chi connectivity index (χ1v) is 7.16. The average Bonchev–Trinajstić information content (AvgIpc) is 2.46. The van der Waals surface area contributed by atoms with Gasteiger partial charge in [0.15, 0.2) is 0 Å². The molecule has 20 heavy (non-hydrogen) atoms. The van der Waals surface area contributed by atoms with Crippen LogP contribution in [0.2, 0.25) is 0 Å². The molecule has 1 unspecified atom stereocenters. The molecule has 0 saturated heterocycles. The highest BCUT2D eigenvalue weighted by Crippen LogP contribution is 2.26. The van der Waals surface area contributed by atoms with Gasteiger partial charge in [-0.2, -0.15) is 12.6 Å². The van der Waals surface area contributed by atoms with Gasteiger partial charge >= 0.3 is 5.97 Å². The minimum Gasteiger partial charge on any atom is -0.497 e. The first kappa shape index (κ1) is 16.7. The topological polar surface area (TPSA) is 44.8 Å². The van der Waals surface area contributed by atoms with Gasteiger partial charge in [-0.1, -0.05) is 13.8 Å². The zero-order valence-electron chi connectivity index (χ0n) is 12.4. The van der Waals surface area contributed by atoms with E-state index >= 15 is 0 Å². The maximum Gasteiger partial charge on any atom is 0.341 e. The largest absolute Gasteiger partial charge is 0.497 e. The van der Waals surface area contributed by atoms with Crippen LogP contribution in [0.15, 0.2) is 18.2 Å². The van der Waals surface area contributed by atoms with E-state index in [0.717, 1.165) is 5.75 Å². The van der Waals surface area contributed by atoms with Crippen LogP contribution in [-0.4, -0.2) is 32.5 Å². The molecule has 0 saturated carbocycles. The molecule has 0 bridgehead atoms. The maximum absolute atomic E-state index is 11.7. The number of rotatable bonds is 7. The van der Waals surface area contributed by atoms with Crippen molar-refractivity contribution < 1.29 is 19.0 Å². The monoisotopic (exact) mass is 298 g/mol. The summed E-state index contributed by atoms with van der Waals surface area (Å²) < 4.78 is 15.7. The second-order valence-electron chi connectivity index (χ2n) is 4.85. The average molecular weight is 298 g/mol. The summed E-state index contributed by atoms with van der Waals surface area (Å²) in [7, 11) is 2.92. The smallest absolute Gasteiger partial charge is 0.341 e. The standard InChI is InChI=1S/C15H22O4S/c1-10(2)11(9-20)8-19-14-7-12(17-3)5-6-13(14)15(16)18-4/h5-7,10-11,20H,8-9H2,1-4H3. The van der Waals surface area contributed by atoms with Gasteiger partial charge < -0.3 is 14.2 Å². The lowest BCUT2D eigenvalue weighted by Crippen LogP contribution is -2.20. The summed E-state index contributed by atoms with van der Waals surface area (Å²) in [5, 5.41) is 0. The summed E-state index contributed by atoms with van der Waals surface area (Å²) in [6, 6.07) is 5.05. The fraction of sp³-hybridized carbons (Fsp3) is 0.533. The molecule has 1 aromatic carbocycles. The van der Waals surface area contributed by atoms with Crippen molar-refractivity contribution in [1.29, 1.82) is 0 Å². The predicted octanol–water partition coefficient (Wildman–Crippen LogP) is 3.06. The summed E-state index contributed by atoms with van der Waals surface area (Å²) in [5.74, 6) is 2.20. The lowest BCUT2D eigenvalue weighted by Gasteiger charge is -2.20. The fourth-order valence-electron chi connectivity index (χ4n) is 1.68. The van der Waals surface area contributed by atoms with Crippen LogP contribution >= 0.6 is 12.6 Å². The first-order valence-electron chi connectivity index (χ1n) is 6.53. The number of methoxy groups -OCH3 is 2. The van der Waals surface area contributed by atoms with Gasteiger partial charge in [-0.15, -0.1) is 0 Å². The third-order valence-electron chi connectivity index (χ3n) is 3.22. The number of esters is 1. The Labute approximate surface area is 125 Å². The molecule has 0 radical (unpaired) electrons. The van der Waals surface area contributed by atoms with Crippen molar-refractivity contribution in [2.45, 2.75) is 13.8 Å². The van der Waals surface area contributed by atoms with E-state index in [1.807, 2.05) is 0 Å². The molecular formula is C15H22O4S. The number of hydrogen-bond donors (Lipinski definition) is 1. The molecule has 112 valence electrons. The summed E-state index contributed by atoms with van der Waals surface area (Å²) in [4.78, 5) is 11.7. The second kappa shape index (κ2) is 8.04. The minimum absolute atomic E-state index is 0.315. The van der Waals surface area contributed by atoms with Gasteiger partial charge in [0.2, 0.25) is 0 Å². The Balaban J connectivity index is 2.92. The van der Waals surface area contributed by atoms with Crippen molar-refractivity contribution in [2.75, 3.05) is 26.6 Å². The maximum atomic E-state index is 11.7. The van der Waals surface area contributed by atoms with Crippen LogP contribution in [0.5, 0.6) is 11.5 Å². The number of hydrogen-bond acceptors (Lipinski definition) is 5. The molecule has 0 spiro atoms. The summed E-state index contributed by atoms with van der Waals surface area (Å²) in [6.45, 7) is 4.74. The number of ether oxygens (including phenoxy) is 3. The SMILES string of the molecule is COC(=O)c1ccc(OC)cc1OCC(CS)C(C)C. The van der Waals surface area contributed by atoms with Crippen molar-refractivity contribution >= 4 is 18.6 Å². The Morgan fingerprint density at radius 3 is 2.50 bits per heavy atom. The molecule has 5 heteroatoms. The van der Waals surface area contributed by atoms with Crippen molar-refractivity contribution in [3.05, 3.63) is 23.8 Å². The van der Waals surface area contributed by atoms with E-state index in [9.17, 15) is 4.79 Å². The quantitative estimate of drug-likeness (QED) is 0.621. The predicted molar refractivity (Wildman–Crippen MR) is 82.0 cm³/mol. The van der Waals surface area contributed by atoms with Gasteiger partial charge in [-0.25, -0.2) is 4.79 Å². The third kappa shape index (κ3) is 4.34. The lowest BCUT2D eigenvalue weighted by molar-refractivity contribution is 0.0595. The molecule has 0 aromatic heterocycles. The molecule has 4 nitrogen and oxygen atoms in total. The molecule has 1 aromatic rings. The highest BCUT2D eigenvalue weighted by Gasteiger charge is 2.17. The molecule has 1 rings (SSSR count). The Morgan fingerprint density at radius 2 is 2.00 bits per heavy atom. The van der Waals surface area contributed by atoms with Crippen molar-refractivity contribution in [3.63, 3.8) is 0 Å². The number of carbonyl (C=O) groups excluding carboxylic acids is 1. The van der Waals surface area contributed by atoms with Crippen molar-refractivity contribution in [1.82, 2.24) is 0 Å². The molecular weight excluding hydrogens is 276 g/mol. The van der Waals surface area contributed by atoms with E-state index in [1.165, 1.54) is 7.11 Å². The number of carbonyl (C=O) groups is 1. The molecule has 0 aliphatic rings. The van der Waals surface area contributed by atoms with Crippen LogP contribution in [0.4, 0.5) is 0 Å². The Morgan fingerprint density at radius 1 is 1.30 bits per heavy atom. The molecule has 0 aliphatic carbocycles. The summed E-state index contributed by atoms with van der Waals surface area (Å²) >= 11 is 4.33. The van der Waals surface area contributed by atoms with Crippen LogP contribution in [0.25, 0.3) is 0 Å². The van der Waals surface area contributed by atoms with E-state index in [4.69, 9.17) is 14.2 Å². The van der Waals surface area contributed by atoms with E-state index in [0.29, 0.717) is 35.5 Å². The Bertz CT molecular complexity index is 445. The van der Waals surface area contributed by atoms with Crippen molar-refractivity contribution in [3.8, 4) is 11.5 Å². The van der Waals surface area contributed by atoms with Crippen LogP contribution in [-0.2, 0) is 4.74 Å². The van der Waals surface area contributed by atoms with Gasteiger partial charge in [-0.05, 0) is 23.8 Å². The van der Waals surface area contributed by atoms with Gasteiger partial charge in [0, 0.05) is 12.0 Å². The van der Waals surface area contributed by atoms with E-state index in [-0.39, 0.29) is 0 Å². The van der Waals surface area contributed by atoms with Gasteiger partial charge in [0.05, 0.1) is 20.8 Å². The lowest BCUT2D eigenvalue weighted by atomic mass is 9.99. The van der Waals surface area contributed by atoms with E-state index in [1.54, 1.807) is 25.3 Å². The molecule has 0 heterocycles.